The highest BCUT2D eigenvalue weighted by molar-refractivity contribution is 6.20. The minimum absolute atomic E-state index is 0.0258. The number of nitrogens with zero attached hydrogens (tertiary/aromatic N) is 1. The third-order valence-electron chi connectivity index (χ3n) is 6.81. The van der Waals surface area contributed by atoms with Crippen molar-refractivity contribution < 1.29 is 20.3 Å². The molecule has 0 aliphatic rings. The van der Waals surface area contributed by atoms with E-state index in [9.17, 15) is 13.2 Å². The van der Waals surface area contributed by atoms with Gasteiger partial charge in [0.1, 0.15) is 11.2 Å². The summed E-state index contributed by atoms with van der Waals surface area (Å²) in [6, 6.07) is 28.0. The molecule has 5 heteroatoms. The van der Waals surface area contributed by atoms with Crippen LogP contribution in [0.5, 0.6) is 0 Å². The van der Waals surface area contributed by atoms with Gasteiger partial charge >= 0.3 is 6.18 Å². The van der Waals surface area contributed by atoms with E-state index in [-0.39, 0.29) is 5.56 Å². The molecular formula is C32H24F3NO. The normalized spacial score (nSPS) is 13.8. The summed E-state index contributed by atoms with van der Waals surface area (Å²) in [6.45, 7) is 1.77. The van der Waals surface area contributed by atoms with Crippen molar-refractivity contribution in [2.24, 2.45) is 5.41 Å². The number of alkyl halides is 3. The monoisotopic (exact) mass is 497 g/mol. The standard InChI is InChI=1S/C32H24F3NO/c1-31(2,32(33,34)35)19-20-10-12-21(13-11-20)23-16-17-36-27(18-23)25-8-5-9-26-29-24-7-4-3-6-22(24)14-15-28(29)37-30(25)26/h3-18H,19H2,1-2H3/i19D2. The molecule has 184 valence electrons. The molecule has 2 nitrogen and oxygen atoms in total. The smallest absolute Gasteiger partial charge is 0.394 e. The molecule has 0 unspecified atom stereocenters. The molecular weight excluding hydrogens is 471 g/mol. The molecule has 0 aliphatic heterocycles. The fourth-order valence-corrected chi connectivity index (χ4v) is 4.71. The van der Waals surface area contributed by atoms with Gasteiger partial charge in [-0.25, -0.2) is 0 Å². The van der Waals surface area contributed by atoms with Crippen molar-refractivity contribution in [2.75, 3.05) is 0 Å². The van der Waals surface area contributed by atoms with E-state index in [1.165, 1.54) is 12.1 Å². The predicted molar refractivity (Wildman–Crippen MR) is 143 cm³/mol. The van der Waals surface area contributed by atoms with Crippen molar-refractivity contribution in [3.63, 3.8) is 0 Å². The first kappa shape index (κ1) is 21.0. The molecule has 6 rings (SSSR count). The highest BCUT2D eigenvalue weighted by atomic mass is 19.4. The maximum absolute atomic E-state index is 13.6. The molecule has 0 saturated carbocycles. The summed E-state index contributed by atoms with van der Waals surface area (Å²) in [6.07, 6.45) is -5.62. The molecule has 4 aromatic carbocycles. The number of hydrogen-bond acceptors (Lipinski definition) is 2. The van der Waals surface area contributed by atoms with Crippen LogP contribution in [-0.2, 0) is 6.37 Å². The van der Waals surface area contributed by atoms with E-state index in [0.29, 0.717) is 5.69 Å². The molecule has 0 fully saturated rings. The van der Waals surface area contributed by atoms with Crippen molar-refractivity contribution in [3.05, 3.63) is 103 Å². The SMILES string of the molecule is [2H]C([2H])(c1ccc(-c2ccnc(-c3cccc4c3oc3ccc5ccccc5c34)c2)cc1)C(C)(C)C(F)(F)F. The summed E-state index contributed by atoms with van der Waals surface area (Å²) >= 11 is 0. The lowest BCUT2D eigenvalue weighted by atomic mass is 9.85. The van der Waals surface area contributed by atoms with E-state index in [4.69, 9.17) is 7.16 Å². The van der Waals surface area contributed by atoms with Crippen molar-refractivity contribution in [1.29, 1.82) is 0 Å². The largest absolute Gasteiger partial charge is 0.455 e. The molecule has 0 radical (unpaired) electrons. The Labute approximate surface area is 215 Å². The minimum atomic E-state index is -4.70. The zero-order valence-corrected chi connectivity index (χ0v) is 20.2. The third kappa shape index (κ3) is 4.05. The second-order valence-electron chi connectivity index (χ2n) is 9.70. The summed E-state index contributed by atoms with van der Waals surface area (Å²) in [7, 11) is 0. The van der Waals surface area contributed by atoms with Crippen molar-refractivity contribution >= 4 is 32.7 Å². The fraction of sp³-hybridized carbons (Fsp3) is 0.156. The lowest BCUT2D eigenvalue weighted by Crippen LogP contribution is -2.34. The molecule has 2 heterocycles. The number of hydrogen-bond donors (Lipinski definition) is 0. The lowest BCUT2D eigenvalue weighted by molar-refractivity contribution is -0.211. The molecule has 0 N–H and O–H groups in total. The molecule has 0 saturated heterocycles. The summed E-state index contributed by atoms with van der Waals surface area (Å²) < 4.78 is 63.5. The Bertz CT molecular complexity index is 1850. The van der Waals surface area contributed by atoms with Crippen LogP contribution in [0, 0.1) is 5.41 Å². The molecule has 0 spiro atoms. The first-order valence-electron chi connectivity index (χ1n) is 13.0. The molecule has 0 bridgehead atoms. The van der Waals surface area contributed by atoms with Crippen LogP contribution in [0.15, 0.2) is 102 Å². The quantitative estimate of drug-likeness (QED) is 0.242. The molecule has 0 aliphatic carbocycles. The first-order chi connectivity index (χ1) is 18.5. The van der Waals surface area contributed by atoms with Gasteiger partial charge in [0.2, 0.25) is 0 Å². The Hall–Kier alpha value is -4.12. The average Bonchev–Trinajstić information content (AvgIpc) is 3.32. The molecule has 0 atom stereocenters. The van der Waals surface area contributed by atoms with Gasteiger partial charge in [-0.3, -0.25) is 4.98 Å². The third-order valence-corrected chi connectivity index (χ3v) is 6.81. The summed E-state index contributed by atoms with van der Waals surface area (Å²) in [5, 5.41) is 4.28. The Morgan fingerprint density at radius 2 is 1.57 bits per heavy atom. The van der Waals surface area contributed by atoms with Crippen LogP contribution in [0.1, 0.15) is 22.2 Å². The van der Waals surface area contributed by atoms with E-state index >= 15 is 0 Å². The average molecular weight is 498 g/mol. The number of benzene rings is 4. The number of halogens is 3. The van der Waals surface area contributed by atoms with Crippen LogP contribution in [0.4, 0.5) is 13.2 Å². The maximum Gasteiger partial charge on any atom is 0.394 e. The van der Waals surface area contributed by atoms with Crippen LogP contribution in [0.3, 0.4) is 0 Å². The summed E-state index contributed by atoms with van der Waals surface area (Å²) in [4.78, 5) is 4.59. The topological polar surface area (TPSA) is 26.0 Å². The van der Waals surface area contributed by atoms with E-state index < -0.39 is 18.0 Å². The predicted octanol–water partition coefficient (Wildman–Crippen LogP) is 9.60. The van der Waals surface area contributed by atoms with Crippen molar-refractivity contribution in [1.82, 2.24) is 4.98 Å². The Balaban J connectivity index is 1.41. The van der Waals surface area contributed by atoms with Gasteiger partial charge in [0.25, 0.3) is 0 Å². The van der Waals surface area contributed by atoms with Crippen LogP contribution < -0.4 is 0 Å². The van der Waals surface area contributed by atoms with Crippen LogP contribution in [0.2, 0.25) is 0 Å². The fourth-order valence-electron chi connectivity index (χ4n) is 4.71. The first-order valence-corrected chi connectivity index (χ1v) is 12.0. The van der Waals surface area contributed by atoms with Crippen LogP contribution in [0.25, 0.3) is 55.1 Å². The Morgan fingerprint density at radius 3 is 2.35 bits per heavy atom. The lowest BCUT2D eigenvalue weighted by Gasteiger charge is -2.27. The van der Waals surface area contributed by atoms with E-state index in [1.54, 1.807) is 18.3 Å². The number of para-hydroxylation sites is 1. The maximum atomic E-state index is 13.6. The van der Waals surface area contributed by atoms with Gasteiger partial charge in [-0.2, -0.15) is 13.2 Å². The molecule has 2 aromatic heterocycles. The van der Waals surface area contributed by atoms with Crippen LogP contribution in [-0.4, -0.2) is 11.2 Å². The van der Waals surface area contributed by atoms with Gasteiger partial charge < -0.3 is 4.42 Å². The van der Waals surface area contributed by atoms with Crippen molar-refractivity contribution in [3.8, 4) is 22.4 Å². The Kier molecular flexibility index (Phi) is 4.81. The second-order valence-corrected chi connectivity index (χ2v) is 9.70. The molecule has 0 amide bonds. The van der Waals surface area contributed by atoms with Gasteiger partial charge in [-0.1, -0.05) is 80.6 Å². The second kappa shape index (κ2) is 8.48. The minimum Gasteiger partial charge on any atom is -0.455 e. The number of furan rings is 1. The zero-order valence-electron chi connectivity index (χ0n) is 22.2. The number of aromatic nitrogens is 1. The van der Waals surface area contributed by atoms with E-state index in [0.717, 1.165) is 63.2 Å². The highest BCUT2D eigenvalue weighted by Crippen LogP contribution is 2.41. The highest BCUT2D eigenvalue weighted by Gasteiger charge is 2.46. The number of fused-ring (bicyclic) bond motifs is 5. The van der Waals surface area contributed by atoms with Gasteiger partial charge in [-0.15, -0.1) is 0 Å². The van der Waals surface area contributed by atoms with Gasteiger partial charge in [0.15, 0.2) is 0 Å². The van der Waals surface area contributed by atoms with Gasteiger partial charge in [0.05, 0.1) is 11.1 Å². The molecule has 6 aromatic rings. The number of pyridine rings is 1. The van der Waals surface area contributed by atoms with Gasteiger partial charge in [-0.05, 0) is 58.1 Å². The van der Waals surface area contributed by atoms with Crippen molar-refractivity contribution in [2.45, 2.75) is 26.4 Å². The zero-order chi connectivity index (χ0) is 27.6. The Morgan fingerprint density at radius 1 is 0.811 bits per heavy atom. The van der Waals surface area contributed by atoms with E-state index in [1.807, 2.05) is 54.6 Å². The summed E-state index contributed by atoms with van der Waals surface area (Å²) in [5.41, 5.74) is 2.01. The van der Waals surface area contributed by atoms with E-state index in [2.05, 4.69) is 17.1 Å². The summed E-state index contributed by atoms with van der Waals surface area (Å²) in [5.74, 6) is 0. The molecule has 37 heavy (non-hydrogen) atoms. The van der Waals surface area contributed by atoms with Crippen LogP contribution >= 0.6 is 0 Å². The number of rotatable bonds is 4. The van der Waals surface area contributed by atoms with Gasteiger partial charge in [0, 0.05) is 25.3 Å².